The zero-order chi connectivity index (χ0) is 18.4. The van der Waals surface area contributed by atoms with Gasteiger partial charge in [0.25, 0.3) is 5.91 Å². The van der Waals surface area contributed by atoms with Crippen molar-refractivity contribution in [1.82, 2.24) is 15.3 Å². The van der Waals surface area contributed by atoms with Crippen LogP contribution in [0.15, 0.2) is 60.8 Å². The van der Waals surface area contributed by atoms with E-state index in [9.17, 15) is 4.79 Å². The quantitative estimate of drug-likeness (QED) is 0.717. The summed E-state index contributed by atoms with van der Waals surface area (Å²) in [6, 6.07) is 18.2. The van der Waals surface area contributed by atoms with Crippen LogP contribution in [-0.2, 0) is 4.79 Å². The molecule has 0 radical (unpaired) electrons. The van der Waals surface area contributed by atoms with E-state index in [0.717, 1.165) is 11.3 Å². The van der Waals surface area contributed by atoms with Gasteiger partial charge in [-0.15, -0.1) is 0 Å². The van der Waals surface area contributed by atoms with Gasteiger partial charge in [-0.3, -0.25) is 4.79 Å². The van der Waals surface area contributed by atoms with Crippen LogP contribution in [0, 0.1) is 11.3 Å². The van der Waals surface area contributed by atoms with Crippen molar-refractivity contribution in [3.05, 3.63) is 72.2 Å². The van der Waals surface area contributed by atoms with Crippen molar-refractivity contribution in [3.63, 3.8) is 0 Å². The van der Waals surface area contributed by atoms with Crippen LogP contribution in [0.3, 0.4) is 0 Å². The van der Waals surface area contributed by atoms with Gasteiger partial charge in [0, 0.05) is 0 Å². The minimum atomic E-state index is -0.274. The Bertz CT molecular complexity index is 911. The molecule has 2 aromatic carbocycles. The van der Waals surface area contributed by atoms with Crippen molar-refractivity contribution < 1.29 is 9.53 Å². The molecule has 1 aromatic heterocycles. The molecule has 3 aromatic rings. The lowest BCUT2D eigenvalue weighted by Crippen LogP contribution is -2.31. The number of aromatic nitrogens is 2. The second-order valence-corrected chi connectivity index (χ2v) is 5.76. The number of hydrogen-bond donors (Lipinski definition) is 2. The zero-order valence-electron chi connectivity index (χ0n) is 14.3. The number of aromatic amines is 1. The largest absolute Gasteiger partial charge is 0.484 e. The maximum Gasteiger partial charge on any atom is 0.258 e. The molecule has 3 rings (SSSR count). The Morgan fingerprint density at radius 1 is 1.23 bits per heavy atom. The van der Waals surface area contributed by atoms with Gasteiger partial charge in [0.05, 0.1) is 29.6 Å². The molecule has 1 amide bonds. The Morgan fingerprint density at radius 3 is 2.65 bits per heavy atom. The SMILES string of the molecule is C[C@H](NC(=O)COc1ccc(C#N)cc1)c1ncc(-c2ccccc2)[nH]1. The highest BCUT2D eigenvalue weighted by Crippen LogP contribution is 2.18. The van der Waals surface area contributed by atoms with Crippen LogP contribution in [0.4, 0.5) is 0 Å². The van der Waals surface area contributed by atoms with Crippen LogP contribution >= 0.6 is 0 Å². The van der Waals surface area contributed by atoms with E-state index in [-0.39, 0.29) is 18.6 Å². The molecule has 1 heterocycles. The molecule has 26 heavy (non-hydrogen) atoms. The topological polar surface area (TPSA) is 90.8 Å². The predicted octanol–water partition coefficient (Wildman–Crippen LogP) is 3.20. The number of H-pyrrole nitrogens is 1. The molecular weight excluding hydrogens is 328 g/mol. The molecule has 0 aliphatic heterocycles. The number of rotatable bonds is 6. The van der Waals surface area contributed by atoms with Gasteiger partial charge in [-0.1, -0.05) is 30.3 Å². The van der Waals surface area contributed by atoms with E-state index >= 15 is 0 Å². The van der Waals surface area contributed by atoms with Crippen LogP contribution in [0.25, 0.3) is 11.3 Å². The van der Waals surface area contributed by atoms with E-state index in [1.807, 2.05) is 43.3 Å². The highest BCUT2D eigenvalue weighted by atomic mass is 16.5. The minimum Gasteiger partial charge on any atom is -0.484 e. The van der Waals surface area contributed by atoms with Gasteiger partial charge in [0.2, 0.25) is 0 Å². The summed E-state index contributed by atoms with van der Waals surface area (Å²) in [5, 5.41) is 11.6. The summed E-state index contributed by atoms with van der Waals surface area (Å²) in [4.78, 5) is 19.6. The number of benzene rings is 2. The summed E-state index contributed by atoms with van der Waals surface area (Å²) < 4.78 is 5.43. The van der Waals surface area contributed by atoms with Crippen molar-refractivity contribution >= 4 is 5.91 Å². The molecule has 2 N–H and O–H groups in total. The molecule has 6 nitrogen and oxygen atoms in total. The molecule has 6 heteroatoms. The van der Waals surface area contributed by atoms with Crippen LogP contribution in [0.5, 0.6) is 5.75 Å². The number of amides is 1. The van der Waals surface area contributed by atoms with Crippen molar-refractivity contribution in [1.29, 1.82) is 5.26 Å². The second-order valence-electron chi connectivity index (χ2n) is 5.76. The normalized spacial score (nSPS) is 11.4. The summed E-state index contributed by atoms with van der Waals surface area (Å²) in [6.07, 6.45) is 1.75. The molecule has 0 aliphatic rings. The van der Waals surface area contributed by atoms with Gasteiger partial charge in [0.15, 0.2) is 6.61 Å². The van der Waals surface area contributed by atoms with E-state index < -0.39 is 0 Å². The number of hydrogen-bond acceptors (Lipinski definition) is 4. The van der Waals surface area contributed by atoms with Crippen molar-refractivity contribution in [2.75, 3.05) is 6.61 Å². The fraction of sp³-hybridized carbons (Fsp3) is 0.150. The maximum absolute atomic E-state index is 12.1. The summed E-state index contributed by atoms with van der Waals surface area (Å²) in [5.74, 6) is 0.964. The fourth-order valence-electron chi connectivity index (χ4n) is 2.45. The minimum absolute atomic E-state index is 0.109. The first-order valence-electron chi connectivity index (χ1n) is 8.18. The molecule has 0 fully saturated rings. The van der Waals surface area contributed by atoms with E-state index in [1.54, 1.807) is 30.5 Å². The number of nitrogens with zero attached hydrogens (tertiary/aromatic N) is 2. The maximum atomic E-state index is 12.1. The first-order valence-corrected chi connectivity index (χ1v) is 8.18. The Labute approximate surface area is 151 Å². The number of carbonyl (C=O) groups excluding carboxylic acids is 1. The number of imidazole rings is 1. The molecule has 0 spiro atoms. The lowest BCUT2D eigenvalue weighted by atomic mass is 10.2. The molecule has 0 bridgehead atoms. The van der Waals surface area contributed by atoms with Gasteiger partial charge in [-0.25, -0.2) is 4.98 Å². The summed E-state index contributed by atoms with van der Waals surface area (Å²) in [6.45, 7) is 1.75. The van der Waals surface area contributed by atoms with Crippen LogP contribution < -0.4 is 10.1 Å². The van der Waals surface area contributed by atoms with Gasteiger partial charge in [0.1, 0.15) is 11.6 Å². The molecular formula is C20H18N4O2. The van der Waals surface area contributed by atoms with Gasteiger partial charge in [-0.2, -0.15) is 5.26 Å². The molecule has 0 aliphatic carbocycles. The molecule has 0 saturated carbocycles. The Balaban J connectivity index is 1.54. The Kier molecular flexibility index (Phi) is 5.30. The average Bonchev–Trinajstić information content (AvgIpc) is 3.18. The van der Waals surface area contributed by atoms with Gasteiger partial charge < -0.3 is 15.0 Å². The molecule has 0 saturated heterocycles. The zero-order valence-corrected chi connectivity index (χ0v) is 14.3. The lowest BCUT2D eigenvalue weighted by Gasteiger charge is -2.12. The van der Waals surface area contributed by atoms with Gasteiger partial charge in [-0.05, 0) is 36.8 Å². The summed E-state index contributed by atoms with van der Waals surface area (Å²) >= 11 is 0. The molecule has 0 unspecified atom stereocenters. The number of ether oxygens (including phenoxy) is 1. The van der Waals surface area contributed by atoms with E-state index in [1.165, 1.54) is 0 Å². The Morgan fingerprint density at radius 2 is 1.96 bits per heavy atom. The monoisotopic (exact) mass is 346 g/mol. The first-order chi connectivity index (χ1) is 12.7. The second kappa shape index (κ2) is 7.99. The van der Waals surface area contributed by atoms with E-state index in [2.05, 4.69) is 15.3 Å². The number of nitrogens with one attached hydrogen (secondary N) is 2. The van der Waals surface area contributed by atoms with Gasteiger partial charge >= 0.3 is 0 Å². The van der Waals surface area contributed by atoms with Crippen LogP contribution in [0.1, 0.15) is 24.4 Å². The van der Waals surface area contributed by atoms with Crippen LogP contribution in [0.2, 0.25) is 0 Å². The third-order valence-corrected chi connectivity index (χ3v) is 3.82. The summed E-state index contributed by atoms with van der Waals surface area (Å²) in [7, 11) is 0. The third-order valence-electron chi connectivity index (χ3n) is 3.82. The summed E-state index contributed by atoms with van der Waals surface area (Å²) in [5.41, 5.74) is 2.48. The Hall–Kier alpha value is -3.59. The van der Waals surface area contributed by atoms with E-state index in [0.29, 0.717) is 17.1 Å². The smallest absolute Gasteiger partial charge is 0.258 e. The van der Waals surface area contributed by atoms with Crippen molar-refractivity contribution in [3.8, 4) is 23.1 Å². The fourth-order valence-corrected chi connectivity index (χ4v) is 2.45. The highest BCUT2D eigenvalue weighted by Gasteiger charge is 2.14. The molecule has 1 atom stereocenters. The van der Waals surface area contributed by atoms with Crippen molar-refractivity contribution in [2.45, 2.75) is 13.0 Å². The number of nitriles is 1. The van der Waals surface area contributed by atoms with E-state index in [4.69, 9.17) is 10.00 Å². The number of carbonyl (C=O) groups is 1. The third kappa shape index (κ3) is 4.28. The highest BCUT2D eigenvalue weighted by molar-refractivity contribution is 5.77. The average molecular weight is 346 g/mol. The standard InChI is InChI=1S/C20H18N4O2/c1-14(20-22-12-18(24-20)16-5-3-2-4-6-16)23-19(25)13-26-17-9-7-15(11-21)8-10-17/h2-10,12,14H,13H2,1H3,(H,22,24)(H,23,25)/t14-/m0/s1. The molecule has 130 valence electrons. The predicted molar refractivity (Wildman–Crippen MR) is 97.2 cm³/mol. The van der Waals surface area contributed by atoms with Crippen molar-refractivity contribution in [2.24, 2.45) is 0 Å². The first kappa shape index (κ1) is 17.2. The lowest BCUT2D eigenvalue weighted by molar-refractivity contribution is -0.123. The van der Waals surface area contributed by atoms with Crippen LogP contribution in [-0.4, -0.2) is 22.5 Å².